The molecule has 0 aromatic carbocycles. The van der Waals surface area contributed by atoms with Crippen molar-refractivity contribution in [1.82, 2.24) is 14.9 Å². The number of nitrogens with zero attached hydrogens (tertiary/aromatic N) is 2. The van der Waals surface area contributed by atoms with Gasteiger partial charge in [0.15, 0.2) is 0 Å². The minimum atomic E-state index is -0.907. The van der Waals surface area contributed by atoms with Gasteiger partial charge in [-0.05, 0) is 19.3 Å². The SMILES string of the molecule is O=C(O)[C@@H]1CCCN1C(=O)CCc1c[nH]cn1. The van der Waals surface area contributed by atoms with Crippen LogP contribution in [0.15, 0.2) is 12.5 Å². The molecule has 1 aliphatic rings. The Labute approximate surface area is 98.7 Å². The van der Waals surface area contributed by atoms with E-state index in [4.69, 9.17) is 5.11 Å². The first-order valence-corrected chi connectivity index (χ1v) is 5.68. The minimum Gasteiger partial charge on any atom is -0.480 e. The van der Waals surface area contributed by atoms with E-state index in [1.54, 1.807) is 12.5 Å². The number of carbonyl (C=O) groups excluding carboxylic acids is 1. The van der Waals surface area contributed by atoms with Gasteiger partial charge >= 0.3 is 5.97 Å². The van der Waals surface area contributed by atoms with Crippen molar-refractivity contribution in [2.24, 2.45) is 0 Å². The third-order valence-electron chi connectivity index (χ3n) is 3.01. The van der Waals surface area contributed by atoms with Gasteiger partial charge in [-0.3, -0.25) is 4.79 Å². The number of carboxylic acids is 1. The summed E-state index contributed by atoms with van der Waals surface area (Å²) in [6.45, 7) is 0.552. The molecule has 6 nitrogen and oxygen atoms in total. The lowest BCUT2D eigenvalue weighted by atomic mass is 10.2. The molecule has 1 fully saturated rings. The molecule has 0 bridgehead atoms. The topological polar surface area (TPSA) is 86.3 Å². The van der Waals surface area contributed by atoms with E-state index in [1.165, 1.54) is 4.90 Å². The Kier molecular flexibility index (Phi) is 3.41. The van der Waals surface area contributed by atoms with Crippen LogP contribution in [0.4, 0.5) is 0 Å². The van der Waals surface area contributed by atoms with E-state index >= 15 is 0 Å². The third-order valence-corrected chi connectivity index (χ3v) is 3.01. The van der Waals surface area contributed by atoms with Crippen LogP contribution >= 0.6 is 0 Å². The molecule has 92 valence electrons. The minimum absolute atomic E-state index is 0.0992. The summed E-state index contributed by atoms with van der Waals surface area (Å²) in [7, 11) is 0. The molecule has 1 aromatic heterocycles. The smallest absolute Gasteiger partial charge is 0.326 e. The Bertz CT molecular complexity index is 402. The van der Waals surface area contributed by atoms with Gasteiger partial charge in [0, 0.05) is 19.2 Å². The molecular weight excluding hydrogens is 222 g/mol. The van der Waals surface area contributed by atoms with Crippen LogP contribution in [0.2, 0.25) is 0 Å². The molecule has 0 radical (unpaired) electrons. The van der Waals surface area contributed by atoms with Crippen LogP contribution in [0, 0.1) is 0 Å². The molecule has 1 atom stereocenters. The molecule has 2 rings (SSSR count). The highest BCUT2D eigenvalue weighted by Gasteiger charge is 2.33. The van der Waals surface area contributed by atoms with E-state index in [1.807, 2.05) is 0 Å². The molecule has 1 aromatic rings. The van der Waals surface area contributed by atoms with Gasteiger partial charge in [-0.1, -0.05) is 0 Å². The summed E-state index contributed by atoms with van der Waals surface area (Å²) in [6, 6.07) is -0.637. The fraction of sp³-hybridized carbons (Fsp3) is 0.545. The van der Waals surface area contributed by atoms with Crippen molar-refractivity contribution in [1.29, 1.82) is 0 Å². The summed E-state index contributed by atoms with van der Waals surface area (Å²) in [4.78, 5) is 31.1. The number of rotatable bonds is 4. The molecule has 0 spiro atoms. The van der Waals surface area contributed by atoms with Crippen molar-refractivity contribution < 1.29 is 14.7 Å². The van der Waals surface area contributed by atoms with Gasteiger partial charge in [0.1, 0.15) is 6.04 Å². The Balaban J connectivity index is 1.89. The molecule has 17 heavy (non-hydrogen) atoms. The van der Waals surface area contributed by atoms with Gasteiger partial charge in [-0.25, -0.2) is 9.78 Å². The first-order chi connectivity index (χ1) is 8.18. The predicted molar refractivity (Wildman–Crippen MR) is 59.3 cm³/mol. The highest BCUT2D eigenvalue weighted by Crippen LogP contribution is 2.18. The normalized spacial score (nSPS) is 19.5. The number of H-pyrrole nitrogens is 1. The van der Waals surface area contributed by atoms with Gasteiger partial charge in [-0.15, -0.1) is 0 Å². The largest absolute Gasteiger partial charge is 0.480 e. The standard InChI is InChI=1S/C11H15N3O3/c15-10(4-3-8-6-12-7-13-8)14-5-1-2-9(14)11(16)17/h6-7,9H,1-5H2,(H,12,13)(H,16,17)/t9-/m0/s1. The van der Waals surface area contributed by atoms with Gasteiger partial charge in [0.05, 0.1) is 12.0 Å². The number of hydrogen-bond donors (Lipinski definition) is 2. The first kappa shape index (κ1) is 11.6. The number of hydrogen-bond acceptors (Lipinski definition) is 3. The summed E-state index contributed by atoms with van der Waals surface area (Å²) in [6.07, 6.45) is 5.50. The summed E-state index contributed by atoms with van der Waals surface area (Å²) < 4.78 is 0. The fourth-order valence-electron chi connectivity index (χ4n) is 2.13. The fourth-order valence-corrected chi connectivity index (χ4v) is 2.13. The van der Waals surface area contributed by atoms with Crippen LogP contribution in [-0.4, -0.2) is 44.4 Å². The van der Waals surface area contributed by atoms with Gasteiger partial charge in [0.2, 0.25) is 5.91 Å². The van der Waals surface area contributed by atoms with Crippen molar-refractivity contribution in [2.75, 3.05) is 6.54 Å². The number of likely N-dealkylation sites (tertiary alicyclic amines) is 1. The maximum Gasteiger partial charge on any atom is 0.326 e. The van der Waals surface area contributed by atoms with Gasteiger partial charge in [-0.2, -0.15) is 0 Å². The van der Waals surface area contributed by atoms with Gasteiger partial charge < -0.3 is 15.0 Å². The van der Waals surface area contributed by atoms with E-state index in [0.29, 0.717) is 25.8 Å². The number of amides is 1. The number of imidazole rings is 1. The van der Waals surface area contributed by atoms with Crippen LogP contribution in [0.1, 0.15) is 25.0 Å². The summed E-state index contributed by atoms with van der Waals surface area (Å²) in [5.74, 6) is -1.01. The second-order valence-corrected chi connectivity index (χ2v) is 4.14. The van der Waals surface area contributed by atoms with Crippen molar-refractivity contribution in [3.05, 3.63) is 18.2 Å². The Morgan fingerprint density at radius 3 is 3.06 bits per heavy atom. The Morgan fingerprint density at radius 2 is 2.41 bits per heavy atom. The zero-order valence-corrected chi connectivity index (χ0v) is 9.43. The average molecular weight is 237 g/mol. The lowest BCUT2D eigenvalue weighted by molar-refractivity contribution is -0.148. The van der Waals surface area contributed by atoms with E-state index < -0.39 is 12.0 Å². The third kappa shape index (κ3) is 2.64. The quantitative estimate of drug-likeness (QED) is 0.794. The second-order valence-electron chi connectivity index (χ2n) is 4.14. The molecular formula is C11H15N3O3. The maximum absolute atomic E-state index is 11.9. The lowest BCUT2D eigenvalue weighted by Crippen LogP contribution is -2.40. The Morgan fingerprint density at radius 1 is 1.59 bits per heavy atom. The number of aliphatic carboxylic acids is 1. The zero-order valence-electron chi connectivity index (χ0n) is 9.43. The summed E-state index contributed by atoms with van der Waals surface area (Å²) >= 11 is 0. The van der Waals surface area contributed by atoms with Crippen LogP contribution in [0.25, 0.3) is 0 Å². The number of carboxylic acid groups (broad SMARTS) is 1. The second kappa shape index (κ2) is 4.99. The van der Waals surface area contributed by atoms with E-state index in [2.05, 4.69) is 9.97 Å². The highest BCUT2D eigenvalue weighted by molar-refractivity contribution is 5.84. The number of aromatic nitrogens is 2. The predicted octanol–water partition coefficient (Wildman–Crippen LogP) is 0.418. The molecule has 0 saturated carbocycles. The number of aryl methyl sites for hydroxylation is 1. The number of carbonyl (C=O) groups is 2. The summed E-state index contributed by atoms with van der Waals surface area (Å²) in [5.41, 5.74) is 0.824. The van der Waals surface area contributed by atoms with Crippen molar-refractivity contribution in [3.8, 4) is 0 Å². The van der Waals surface area contributed by atoms with E-state index in [-0.39, 0.29) is 5.91 Å². The number of nitrogens with one attached hydrogen (secondary N) is 1. The molecule has 2 N–H and O–H groups in total. The average Bonchev–Trinajstić information content (AvgIpc) is 2.96. The van der Waals surface area contributed by atoms with E-state index in [9.17, 15) is 9.59 Å². The zero-order chi connectivity index (χ0) is 12.3. The van der Waals surface area contributed by atoms with Crippen molar-refractivity contribution in [3.63, 3.8) is 0 Å². The molecule has 1 saturated heterocycles. The molecule has 1 aliphatic heterocycles. The van der Waals surface area contributed by atoms with Crippen molar-refractivity contribution >= 4 is 11.9 Å². The maximum atomic E-state index is 11.9. The summed E-state index contributed by atoms with van der Waals surface area (Å²) in [5, 5.41) is 8.97. The molecule has 0 aliphatic carbocycles. The monoisotopic (exact) mass is 237 g/mol. The molecule has 2 heterocycles. The molecule has 0 unspecified atom stereocenters. The van der Waals surface area contributed by atoms with Crippen molar-refractivity contribution in [2.45, 2.75) is 31.7 Å². The van der Waals surface area contributed by atoms with E-state index in [0.717, 1.165) is 12.1 Å². The molecule has 6 heteroatoms. The van der Waals surface area contributed by atoms with Gasteiger partial charge in [0.25, 0.3) is 0 Å². The van der Waals surface area contributed by atoms with Crippen LogP contribution in [0.5, 0.6) is 0 Å². The van der Waals surface area contributed by atoms with Crippen LogP contribution in [-0.2, 0) is 16.0 Å². The lowest BCUT2D eigenvalue weighted by Gasteiger charge is -2.21. The number of aromatic amines is 1. The van der Waals surface area contributed by atoms with Crippen LogP contribution in [0.3, 0.4) is 0 Å². The van der Waals surface area contributed by atoms with Crippen LogP contribution < -0.4 is 0 Å². The first-order valence-electron chi connectivity index (χ1n) is 5.68. The Hall–Kier alpha value is -1.85. The molecule has 1 amide bonds. The highest BCUT2D eigenvalue weighted by atomic mass is 16.4.